The number of fused-ring (bicyclic) bond motifs is 1. The molecule has 196 valence electrons. The van der Waals surface area contributed by atoms with Crippen LogP contribution in [0, 0.1) is 23.6 Å². The Kier molecular flexibility index (Phi) is 8.01. The first-order valence-corrected chi connectivity index (χ1v) is 14.0. The van der Waals surface area contributed by atoms with Gasteiger partial charge in [-0.05, 0) is 113 Å². The molecule has 0 aliphatic carbocycles. The average Bonchev–Trinajstić information content (AvgIpc) is 3.51. The van der Waals surface area contributed by atoms with Crippen LogP contribution in [-0.4, -0.2) is 31.1 Å². The Morgan fingerprint density at radius 1 is 1.16 bits per heavy atom. The Morgan fingerprint density at radius 3 is 2.71 bits per heavy atom. The Bertz CT molecular complexity index is 1460. The summed E-state index contributed by atoms with van der Waals surface area (Å²) in [6, 6.07) is 18.6. The molecule has 1 unspecified atom stereocenters. The van der Waals surface area contributed by atoms with Crippen LogP contribution < -0.4 is 4.74 Å². The first kappa shape index (κ1) is 26.3. The zero-order valence-electron chi connectivity index (χ0n) is 22.0. The maximum Gasteiger partial charge on any atom is 0.123 e. The first-order chi connectivity index (χ1) is 18.4. The topological polar surface area (TPSA) is 41.9 Å². The average molecular weight is 529 g/mol. The maximum absolute atomic E-state index is 14.1. The molecule has 0 radical (unpaired) electrons. The van der Waals surface area contributed by atoms with Crippen LogP contribution in [0.3, 0.4) is 0 Å². The van der Waals surface area contributed by atoms with E-state index < -0.39 is 0 Å². The molecule has 1 atom stereocenters. The third kappa shape index (κ3) is 5.87. The summed E-state index contributed by atoms with van der Waals surface area (Å²) in [5.41, 5.74) is 5.20. The number of rotatable bonds is 10. The molecule has 0 N–H and O–H groups in total. The highest BCUT2D eigenvalue weighted by Gasteiger charge is 2.19. The van der Waals surface area contributed by atoms with Crippen LogP contribution in [-0.2, 0) is 6.42 Å². The van der Waals surface area contributed by atoms with Gasteiger partial charge in [-0.15, -0.1) is 16.2 Å². The third-order valence-corrected chi connectivity index (χ3v) is 8.63. The van der Waals surface area contributed by atoms with Crippen molar-refractivity contribution in [1.29, 1.82) is 0 Å². The van der Waals surface area contributed by atoms with E-state index in [2.05, 4.69) is 35.7 Å². The molecule has 1 saturated heterocycles. The Morgan fingerprint density at radius 2 is 1.97 bits per heavy atom. The molecule has 0 spiro atoms. The van der Waals surface area contributed by atoms with Crippen molar-refractivity contribution in [3.05, 3.63) is 105 Å². The molecular weight excluding hydrogens is 495 g/mol. The molecule has 0 amide bonds. The smallest absolute Gasteiger partial charge is 0.123 e. The van der Waals surface area contributed by atoms with Gasteiger partial charge in [-0.1, -0.05) is 37.8 Å². The summed E-state index contributed by atoms with van der Waals surface area (Å²) in [7, 11) is 0. The van der Waals surface area contributed by atoms with Crippen LogP contribution in [0.25, 0.3) is 15.7 Å². The molecule has 0 bridgehead atoms. The minimum Gasteiger partial charge on any atom is -0.494 e. The molecule has 2 heterocycles. The zero-order valence-corrected chi connectivity index (χ0v) is 22.8. The lowest BCUT2D eigenvalue weighted by molar-refractivity contribution is 0.259. The van der Waals surface area contributed by atoms with Gasteiger partial charge in [0.2, 0.25) is 0 Å². The van der Waals surface area contributed by atoms with Crippen molar-refractivity contribution < 1.29 is 9.13 Å². The highest BCUT2D eigenvalue weighted by molar-refractivity contribution is 7.20. The summed E-state index contributed by atoms with van der Waals surface area (Å²) in [6.45, 7) is 12.8. The minimum atomic E-state index is -0.285. The van der Waals surface area contributed by atoms with E-state index in [9.17, 15) is 9.30 Å². The number of aryl methyl sites for hydroxylation is 1. The Balaban J connectivity index is 1.34. The summed E-state index contributed by atoms with van der Waals surface area (Å²) < 4.78 is 21.1. The van der Waals surface area contributed by atoms with Crippen molar-refractivity contribution in [3.8, 4) is 5.75 Å². The summed E-state index contributed by atoms with van der Waals surface area (Å²) in [4.78, 5) is 14.7. The number of benzene rings is 3. The van der Waals surface area contributed by atoms with Crippen molar-refractivity contribution >= 4 is 32.7 Å². The fourth-order valence-corrected chi connectivity index (χ4v) is 6.51. The van der Waals surface area contributed by atoms with E-state index in [1.54, 1.807) is 29.5 Å². The number of halogens is 1. The van der Waals surface area contributed by atoms with E-state index in [4.69, 9.17) is 4.74 Å². The Hall–Kier alpha value is -3.35. The molecule has 4 nitrogen and oxygen atoms in total. The van der Waals surface area contributed by atoms with Crippen LogP contribution in [0.2, 0.25) is 0 Å². The molecule has 1 fully saturated rings. The molecule has 5 rings (SSSR count). The molecule has 3 aromatic carbocycles. The summed E-state index contributed by atoms with van der Waals surface area (Å²) in [5.74, 6) is 1.40. The van der Waals surface area contributed by atoms with Crippen LogP contribution >= 0.6 is 11.3 Å². The lowest BCUT2D eigenvalue weighted by Crippen LogP contribution is -2.22. The van der Waals surface area contributed by atoms with Crippen LogP contribution in [0.4, 0.5) is 10.1 Å². The van der Waals surface area contributed by atoms with Gasteiger partial charge >= 0.3 is 0 Å². The quantitative estimate of drug-likeness (QED) is 0.153. The van der Waals surface area contributed by atoms with E-state index in [1.807, 2.05) is 31.2 Å². The number of hydrogen-bond donors (Lipinski definition) is 0. The van der Waals surface area contributed by atoms with E-state index in [-0.39, 0.29) is 5.82 Å². The number of hydrogen-bond acceptors (Lipinski definition) is 5. The van der Waals surface area contributed by atoms with Gasteiger partial charge in [0.25, 0.3) is 0 Å². The van der Waals surface area contributed by atoms with Gasteiger partial charge in [-0.3, -0.25) is 0 Å². The fraction of sp³-hybridized carbons (Fsp3) is 0.312. The number of ether oxygens (including phenoxy) is 1. The first-order valence-electron chi connectivity index (χ1n) is 13.2. The van der Waals surface area contributed by atoms with Gasteiger partial charge in [-0.25, -0.2) is 4.39 Å². The molecule has 38 heavy (non-hydrogen) atoms. The monoisotopic (exact) mass is 528 g/mol. The van der Waals surface area contributed by atoms with E-state index >= 15 is 0 Å². The van der Waals surface area contributed by atoms with Crippen LogP contribution in [0.5, 0.6) is 5.75 Å². The van der Waals surface area contributed by atoms with Gasteiger partial charge in [0.05, 0.1) is 6.61 Å². The third-order valence-electron chi connectivity index (χ3n) is 7.38. The lowest BCUT2D eigenvalue weighted by Gasteiger charge is -2.15. The molecule has 1 aliphatic heterocycles. The molecule has 1 aromatic heterocycles. The highest BCUT2D eigenvalue weighted by atomic mass is 32.1. The molecule has 6 heteroatoms. The number of thiophene rings is 1. The number of nitroso groups, excluding NO2 is 1. The van der Waals surface area contributed by atoms with E-state index in [0.717, 1.165) is 67.4 Å². The maximum atomic E-state index is 14.1. The standard InChI is InChI=1S/C32H33FN2O2S/c1-21-13-15-35(20-21)14-4-16-37-27-10-6-24(7-11-27)17-30-28-12-9-26(34-36)19-31(28)38-32(30)23(3)29-18-25(33)8-5-22(29)2/h5-12,18-19,21H,3-4,13-17,20H2,1-2H3. The van der Waals surface area contributed by atoms with Gasteiger partial charge in [-0.2, -0.15) is 0 Å². The summed E-state index contributed by atoms with van der Waals surface area (Å²) >= 11 is 1.57. The second-order valence-electron chi connectivity index (χ2n) is 10.3. The number of nitrogens with zero attached hydrogens (tertiary/aromatic N) is 2. The summed E-state index contributed by atoms with van der Waals surface area (Å²) in [5, 5.41) is 4.17. The Labute approximate surface area is 227 Å². The predicted molar refractivity (Wildman–Crippen MR) is 156 cm³/mol. The van der Waals surface area contributed by atoms with Gasteiger partial charge in [0, 0.05) is 22.7 Å². The molecule has 4 aromatic rings. The van der Waals surface area contributed by atoms with Gasteiger partial charge in [0.15, 0.2) is 0 Å². The lowest BCUT2D eigenvalue weighted by atomic mass is 9.94. The highest BCUT2D eigenvalue weighted by Crippen LogP contribution is 2.41. The van der Waals surface area contributed by atoms with Gasteiger partial charge in [0.1, 0.15) is 17.3 Å². The van der Waals surface area contributed by atoms with Gasteiger partial charge < -0.3 is 9.64 Å². The predicted octanol–water partition coefficient (Wildman–Crippen LogP) is 8.51. The fourth-order valence-electron chi connectivity index (χ4n) is 5.27. The van der Waals surface area contributed by atoms with Crippen molar-refractivity contribution in [2.75, 3.05) is 26.2 Å². The van der Waals surface area contributed by atoms with Crippen molar-refractivity contribution in [2.24, 2.45) is 11.1 Å². The molecule has 1 aliphatic rings. The van der Waals surface area contributed by atoms with Crippen LogP contribution in [0.15, 0.2) is 72.4 Å². The second kappa shape index (κ2) is 11.6. The van der Waals surface area contributed by atoms with E-state index in [1.165, 1.54) is 25.6 Å². The molecular formula is C32H33FN2O2S. The second-order valence-corrected chi connectivity index (χ2v) is 11.4. The van der Waals surface area contributed by atoms with Crippen molar-refractivity contribution in [2.45, 2.75) is 33.1 Å². The normalized spacial score (nSPS) is 15.7. The van der Waals surface area contributed by atoms with Crippen LogP contribution in [0.1, 0.15) is 46.9 Å². The number of likely N-dealkylation sites (tertiary alicyclic amines) is 1. The largest absolute Gasteiger partial charge is 0.494 e. The molecule has 0 saturated carbocycles. The zero-order chi connectivity index (χ0) is 26.6. The van der Waals surface area contributed by atoms with E-state index in [0.29, 0.717) is 18.7 Å². The summed E-state index contributed by atoms with van der Waals surface area (Å²) in [6.07, 6.45) is 3.01. The van der Waals surface area contributed by atoms with Crippen molar-refractivity contribution in [1.82, 2.24) is 4.90 Å². The SMILES string of the molecule is C=C(c1cc(F)ccc1C)c1sc2cc(N=O)ccc2c1Cc1ccc(OCCCN2CCC(C)C2)cc1. The van der Waals surface area contributed by atoms with Crippen molar-refractivity contribution in [3.63, 3.8) is 0 Å². The minimum absolute atomic E-state index is 0.285.